The zero-order valence-corrected chi connectivity index (χ0v) is 11.5. The van der Waals surface area contributed by atoms with Gasteiger partial charge in [0, 0.05) is 11.4 Å². The molecule has 1 nitrogen and oxygen atoms in total. The van der Waals surface area contributed by atoms with Gasteiger partial charge in [0.15, 0.2) is 0 Å². The van der Waals surface area contributed by atoms with Gasteiger partial charge in [-0.15, -0.1) is 0 Å². The highest BCUT2D eigenvalue weighted by atomic mass is 35.5. The quantitative estimate of drug-likeness (QED) is 0.898. The van der Waals surface area contributed by atoms with Gasteiger partial charge in [-0.3, -0.25) is 0 Å². The van der Waals surface area contributed by atoms with Crippen molar-refractivity contribution in [1.82, 2.24) is 0 Å². The third kappa shape index (κ3) is 4.05. The van der Waals surface area contributed by atoms with Gasteiger partial charge in [0.25, 0.3) is 0 Å². The fourth-order valence-electron chi connectivity index (χ4n) is 2.01. The molecule has 0 saturated heterocycles. The molecule has 1 unspecified atom stereocenters. The van der Waals surface area contributed by atoms with E-state index in [1.165, 1.54) is 17.7 Å². The second-order valence-corrected chi connectivity index (χ2v) is 5.19. The molecule has 3 heteroatoms. The summed E-state index contributed by atoms with van der Waals surface area (Å²) < 4.78 is 12.9. The molecule has 0 aliphatic heterocycles. The smallest absolute Gasteiger partial charge is 0.124 e. The summed E-state index contributed by atoms with van der Waals surface area (Å²) in [6.45, 7) is 2.03. The van der Waals surface area contributed by atoms with Crippen molar-refractivity contribution in [2.24, 2.45) is 0 Å². The lowest BCUT2D eigenvalue weighted by atomic mass is 10.0. The number of aliphatic hydroxyl groups is 1. The van der Waals surface area contributed by atoms with Crippen molar-refractivity contribution >= 4 is 11.6 Å². The fourth-order valence-corrected chi connectivity index (χ4v) is 2.25. The Kier molecular flexibility index (Phi) is 4.56. The maximum atomic E-state index is 12.9. The van der Waals surface area contributed by atoms with Crippen LogP contribution in [0.2, 0.25) is 5.02 Å². The second kappa shape index (κ2) is 6.18. The molecular weight excluding hydrogens is 263 g/mol. The van der Waals surface area contributed by atoms with Gasteiger partial charge in [0.1, 0.15) is 5.82 Å². The Labute approximate surface area is 117 Å². The first-order valence-electron chi connectivity index (χ1n) is 6.22. The molecule has 0 heterocycles. The summed E-state index contributed by atoms with van der Waals surface area (Å²) in [6.07, 6.45) is 0.465. The minimum atomic E-state index is -0.523. The van der Waals surface area contributed by atoms with Crippen LogP contribution < -0.4 is 0 Å². The van der Waals surface area contributed by atoms with E-state index in [0.29, 0.717) is 17.9 Å². The van der Waals surface area contributed by atoms with Crippen LogP contribution in [0.3, 0.4) is 0 Å². The van der Waals surface area contributed by atoms with Crippen molar-refractivity contribution < 1.29 is 9.50 Å². The summed E-state index contributed by atoms with van der Waals surface area (Å²) in [5, 5.41) is 10.4. The number of hydrogen-bond acceptors (Lipinski definition) is 1. The van der Waals surface area contributed by atoms with E-state index < -0.39 is 6.10 Å². The first-order valence-corrected chi connectivity index (χ1v) is 6.60. The molecule has 2 aromatic carbocycles. The van der Waals surface area contributed by atoms with Crippen LogP contribution in [0.4, 0.5) is 4.39 Å². The van der Waals surface area contributed by atoms with Crippen LogP contribution in [0.25, 0.3) is 0 Å². The van der Waals surface area contributed by atoms with E-state index >= 15 is 0 Å². The van der Waals surface area contributed by atoms with Crippen LogP contribution in [0.5, 0.6) is 0 Å². The van der Waals surface area contributed by atoms with Crippen LogP contribution in [-0.2, 0) is 12.8 Å². The van der Waals surface area contributed by atoms with Crippen molar-refractivity contribution in [2.75, 3.05) is 0 Å². The maximum absolute atomic E-state index is 12.9. The lowest BCUT2D eigenvalue weighted by Crippen LogP contribution is -2.14. The van der Waals surface area contributed by atoms with E-state index in [1.807, 2.05) is 31.2 Å². The lowest BCUT2D eigenvalue weighted by Gasteiger charge is -2.12. The van der Waals surface area contributed by atoms with Crippen molar-refractivity contribution in [3.8, 4) is 0 Å². The molecule has 2 aromatic rings. The van der Waals surface area contributed by atoms with Crippen LogP contribution in [0.1, 0.15) is 16.7 Å². The molecule has 0 bridgehead atoms. The zero-order chi connectivity index (χ0) is 13.8. The normalized spacial score (nSPS) is 12.4. The van der Waals surface area contributed by atoms with Crippen molar-refractivity contribution in [2.45, 2.75) is 25.9 Å². The van der Waals surface area contributed by atoms with Crippen molar-refractivity contribution in [3.63, 3.8) is 0 Å². The largest absolute Gasteiger partial charge is 0.392 e. The predicted molar refractivity (Wildman–Crippen MR) is 76.0 cm³/mol. The summed E-state index contributed by atoms with van der Waals surface area (Å²) >= 11 is 5.95. The van der Waals surface area contributed by atoms with E-state index in [1.54, 1.807) is 6.07 Å². The molecule has 0 spiro atoms. The molecule has 0 aromatic heterocycles. The standard InChI is InChI=1S/C16H16ClFO/c1-11-2-4-12(5-3-11)8-15(19)9-13-6-7-14(18)10-16(13)17/h2-7,10,15,19H,8-9H2,1H3. The molecule has 2 rings (SSSR count). The minimum Gasteiger partial charge on any atom is -0.392 e. The van der Waals surface area contributed by atoms with E-state index in [4.69, 9.17) is 11.6 Å². The Morgan fingerprint density at radius 1 is 1.11 bits per heavy atom. The molecule has 0 aliphatic carbocycles. The molecule has 0 fully saturated rings. The van der Waals surface area contributed by atoms with Crippen molar-refractivity contribution in [3.05, 3.63) is 70.0 Å². The maximum Gasteiger partial charge on any atom is 0.124 e. The Bertz CT molecular complexity index is 551. The highest BCUT2D eigenvalue weighted by molar-refractivity contribution is 6.31. The topological polar surface area (TPSA) is 20.2 Å². The summed E-state index contributed by atoms with van der Waals surface area (Å²) in [4.78, 5) is 0. The van der Waals surface area contributed by atoms with Gasteiger partial charge in [0.2, 0.25) is 0 Å². The minimum absolute atomic E-state index is 0.359. The number of aliphatic hydroxyl groups excluding tert-OH is 1. The van der Waals surface area contributed by atoms with Crippen LogP contribution in [0, 0.1) is 12.7 Å². The zero-order valence-electron chi connectivity index (χ0n) is 10.7. The van der Waals surface area contributed by atoms with Gasteiger partial charge in [-0.1, -0.05) is 47.5 Å². The number of benzene rings is 2. The monoisotopic (exact) mass is 278 g/mol. The third-order valence-corrected chi connectivity index (χ3v) is 3.41. The lowest BCUT2D eigenvalue weighted by molar-refractivity contribution is 0.175. The molecule has 1 N–H and O–H groups in total. The summed E-state index contributed by atoms with van der Waals surface area (Å²) in [6, 6.07) is 12.3. The van der Waals surface area contributed by atoms with E-state index in [-0.39, 0.29) is 5.82 Å². The fraction of sp³-hybridized carbons (Fsp3) is 0.250. The highest BCUT2D eigenvalue weighted by Gasteiger charge is 2.10. The Hall–Kier alpha value is -1.38. The van der Waals surface area contributed by atoms with Crippen LogP contribution in [0.15, 0.2) is 42.5 Å². The van der Waals surface area contributed by atoms with E-state index in [9.17, 15) is 9.50 Å². The highest BCUT2D eigenvalue weighted by Crippen LogP contribution is 2.20. The van der Waals surface area contributed by atoms with Gasteiger partial charge < -0.3 is 5.11 Å². The second-order valence-electron chi connectivity index (χ2n) is 4.78. The SMILES string of the molecule is Cc1ccc(CC(O)Cc2ccc(F)cc2Cl)cc1. The molecule has 0 aliphatic rings. The van der Waals surface area contributed by atoms with Gasteiger partial charge in [-0.25, -0.2) is 4.39 Å². The molecule has 0 saturated carbocycles. The number of hydrogen-bond donors (Lipinski definition) is 1. The third-order valence-electron chi connectivity index (χ3n) is 3.06. The van der Waals surface area contributed by atoms with E-state index in [0.717, 1.165) is 11.1 Å². The van der Waals surface area contributed by atoms with Gasteiger partial charge in [0.05, 0.1) is 6.10 Å². The molecule has 19 heavy (non-hydrogen) atoms. The van der Waals surface area contributed by atoms with Gasteiger partial charge >= 0.3 is 0 Å². The number of aryl methyl sites for hydroxylation is 1. The van der Waals surface area contributed by atoms with Crippen LogP contribution in [-0.4, -0.2) is 11.2 Å². The number of halogens is 2. The first kappa shape index (κ1) is 14.0. The molecule has 1 atom stereocenters. The predicted octanol–water partition coefficient (Wildman–Crippen LogP) is 3.93. The molecule has 0 radical (unpaired) electrons. The summed E-state index contributed by atoms with van der Waals surface area (Å²) in [5.41, 5.74) is 3.04. The summed E-state index contributed by atoms with van der Waals surface area (Å²) in [5.74, 6) is -0.359. The van der Waals surface area contributed by atoms with Crippen molar-refractivity contribution in [1.29, 1.82) is 0 Å². The summed E-state index contributed by atoms with van der Waals surface area (Å²) in [7, 11) is 0. The number of rotatable bonds is 4. The Balaban J connectivity index is 2.01. The first-order chi connectivity index (χ1) is 9.04. The average molecular weight is 279 g/mol. The molecule has 100 valence electrons. The average Bonchev–Trinajstić information content (AvgIpc) is 2.36. The van der Waals surface area contributed by atoms with E-state index in [2.05, 4.69) is 0 Å². The Morgan fingerprint density at radius 3 is 2.42 bits per heavy atom. The van der Waals surface area contributed by atoms with Crippen LogP contribution >= 0.6 is 11.6 Å². The molecule has 0 amide bonds. The van der Waals surface area contributed by atoms with Gasteiger partial charge in [-0.05, 0) is 36.6 Å². The molecular formula is C16H16ClFO. The Morgan fingerprint density at radius 2 is 1.79 bits per heavy atom. The van der Waals surface area contributed by atoms with Gasteiger partial charge in [-0.2, -0.15) is 0 Å².